The van der Waals surface area contributed by atoms with Crippen LogP contribution in [0.4, 0.5) is 14.6 Å². The molecule has 0 saturated heterocycles. The Morgan fingerprint density at radius 2 is 2.06 bits per heavy atom. The molecule has 0 saturated carbocycles. The van der Waals surface area contributed by atoms with Crippen molar-refractivity contribution in [2.24, 2.45) is 0 Å². The molecule has 0 unspecified atom stereocenters. The predicted octanol–water partition coefficient (Wildman–Crippen LogP) is 1.86. The number of halogens is 2. The van der Waals surface area contributed by atoms with Crippen molar-refractivity contribution in [1.29, 1.82) is 0 Å². The fraction of sp³-hybridized carbons (Fsp3) is 0.100. The van der Waals surface area contributed by atoms with Crippen molar-refractivity contribution in [3.8, 4) is 11.3 Å². The Balaban J connectivity index is 2.62. The van der Waals surface area contributed by atoms with E-state index in [1.807, 2.05) is 0 Å². The predicted molar refractivity (Wildman–Crippen MR) is 54.7 cm³/mol. The van der Waals surface area contributed by atoms with E-state index in [1.165, 1.54) is 6.33 Å². The van der Waals surface area contributed by atoms with Crippen molar-refractivity contribution in [3.05, 3.63) is 36.2 Å². The lowest BCUT2D eigenvalue weighted by atomic mass is 10.1. The van der Waals surface area contributed by atoms with Crippen LogP contribution in [0.2, 0.25) is 0 Å². The molecule has 0 bridgehead atoms. The summed E-state index contributed by atoms with van der Waals surface area (Å²) in [7, 11) is 1.62. The second kappa shape index (κ2) is 4.18. The van der Waals surface area contributed by atoms with Gasteiger partial charge in [0.25, 0.3) is 0 Å². The first kappa shape index (κ1) is 10.4. The Hall–Kier alpha value is -2.11. The first-order valence-corrected chi connectivity index (χ1v) is 4.53. The first-order chi connectivity index (χ1) is 7.72. The summed E-state index contributed by atoms with van der Waals surface area (Å²) in [6, 6.07) is 3.14. The molecule has 0 amide bonds. The second-order valence-electron chi connectivity index (χ2n) is 3.03. The maximum absolute atomic E-state index is 13.5. The zero-order chi connectivity index (χ0) is 11.5. The Bertz CT molecular complexity index is 516. The minimum atomic E-state index is -0.569. The van der Waals surface area contributed by atoms with E-state index in [9.17, 15) is 8.78 Å². The molecule has 1 aromatic carbocycles. The Morgan fingerprint density at radius 1 is 1.25 bits per heavy atom. The van der Waals surface area contributed by atoms with Crippen molar-refractivity contribution in [2.45, 2.75) is 0 Å². The van der Waals surface area contributed by atoms with Crippen molar-refractivity contribution >= 4 is 5.82 Å². The van der Waals surface area contributed by atoms with Crippen molar-refractivity contribution < 1.29 is 8.78 Å². The molecule has 6 heteroatoms. The van der Waals surface area contributed by atoms with Crippen LogP contribution in [0.25, 0.3) is 11.3 Å². The molecular weight excluding hydrogens is 214 g/mol. The van der Waals surface area contributed by atoms with Gasteiger partial charge < -0.3 is 5.32 Å². The maximum atomic E-state index is 13.5. The number of benzene rings is 1. The number of hydrogen-bond acceptors (Lipinski definition) is 4. The number of rotatable bonds is 2. The Labute approximate surface area is 90.4 Å². The van der Waals surface area contributed by atoms with Crippen LogP contribution in [0, 0.1) is 11.6 Å². The number of hydrogen-bond donors (Lipinski definition) is 1. The zero-order valence-electron chi connectivity index (χ0n) is 8.41. The largest absolute Gasteiger partial charge is 0.371 e. The average Bonchev–Trinajstić information content (AvgIpc) is 2.32. The smallest absolute Gasteiger partial charge is 0.156 e. The van der Waals surface area contributed by atoms with Gasteiger partial charge >= 0.3 is 0 Å². The second-order valence-corrected chi connectivity index (χ2v) is 3.03. The number of anilines is 1. The van der Waals surface area contributed by atoms with Gasteiger partial charge in [0.05, 0.1) is 0 Å². The maximum Gasteiger partial charge on any atom is 0.156 e. The molecule has 0 aliphatic carbocycles. The van der Waals surface area contributed by atoms with Gasteiger partial charge in [0.15, 0.2) is 5.82 Å². The van der Waals surface area contributed by atoms with Crippen LogP contribution in [0.3, 0.4) is 0 Å². The molecule has 0 radical (unpaired) electrons. The van der Waals surface area contributed by atoms with Crippen LogP contribution in [0.1, 0.15) is 0 Å². The van der Waals surface area contributed by atoms with Crippen LogP contribution in [-0.2, 0) is 0 Å². The summed E-state index contributed by atoms with van der Waals surface area (Å²) in [5, 5.41) is 10.0. The standard InChI is InChI=1S/C10H8F2N4/c1-13-10-9(16-15-5-14-10)7-4-6(11)2-3-8(7)12/h2-5H,1H3,(H,13,14,15). The van der Waals surface area contributed by atoms with E-state index in [0.717, 1.165) is 18.2 Å². The van der Waals surface area contributed by atoms with E-state index in [2.05, 4.69) is 20.5 Å². The summed E-state index contributed by atoms with van der Waals surface area (Å²) < 4.78 is 26.5. The lowest BCUT2D eigenvalue weighted by molar-refractivity contribution is 0.602. The molecule has 0 aliphatic heterocycles. The third-order valence-electron chi connectivity index (χ3n) is 2.04. The van der Waals surface area contributed by atoms with Crippen LogP contribution >= 0.6 is 0 Å². The monoisotopic (exact) mass is 222 g/mol. The van der Waals surface area contributed by atoms with Crippen LogP contribution in [-0.4, -0.2) is 22.2 Å². The van der Waals surface area contributed by atoms with Gasteiger partial charge in [0.2, 0.25) is 0 Å². The lowest BCUT2D eigenvalue weighted by Crippen LogP contribution is -2.01. The summed E-state index contributed by atoms with van der Waals surface area (Å²) in [5.41, 5.74) is 0.215. The highest BCUT2D eigenvalue weighted by Crippen LogP contribution is 2.25. The van der Waals surface area contributed by atoms with E-state index in [1.54, 1.807) is 7.05 Å². The summed E-state index contributed by atoms with van der Waals surface area (Å²) >= 11 is 0. The fourth-order valence-electron chi connectivity index (χ4n) is 1.32. The van der Waals surface area contributed by atoms with Gasteiger partial charge in [0, 0.05) is 12.6 Å². The minimum Gasteiger partial charge on any atom is -0.371 e. The molecule has 0 aliphatic rings. The summed E-state index contributed by atoms with van der Waals surface area (Å²) in [5.74, 6) is -0.760. The van der Waals surface area contributed by atoms with Gasteiger partial charge in [-0.2, -0.15) is 0 Å². The van der Waals surface area contributed by atoms with Crippen molar-refractivity contribution in [2.75, 3.05) is 12.4 Å². The number of nitrogens with one attached hydrogen (secondary N) is 1. The topological polar surface area (TPSA) is 50.7 Å². The lowest BCUT2D eigenvalue weighted by Gasteiger charge is -2.06. The summed E-state index contributed by atoms with van der Waals surface area (Å²) in [6.07, 6.45) is 1.23. The van der Waals surface area contributed by atoms with E-state index < -0.39 is 11.6 Å². The summed E-state index contributed by atoms with van der Waals surface area (Å²) in [4.78, 5) is 3.87. The van der Waals surface area contributed by atoms with E-state index >= 15 is 0 Å². The molecule has 1 heterocycles. The van der Waals surface area contributed by atoms with Gasteiger partial charge in [-0.1, -0.05) is 0 Å². The van der Waals surface area contributed by atoms with Gasteiger partial charge in [-0.15, -0.1) is 10.2 Å². The third-order valence-corrected chi connectivity index (χ3v) is 2.04. The van der Waals surface area contributed by atoms with Gasteiger partial charge in [-0.25, -0.2) is 13.8 Å². The molecule has 1 N–H and O–H groups in total. The molecule has 82 valence electrons. The molecule has 2 aromatic rings. The van der Waals surface area contributed by atoms with Gasteiger partial charge in [0.1, 0.15) is 23.7 Å². The molecule has 0 fully saturated rings. The van der Waals surface area contributed by atoms with E-state index in [4.69, 9.17) is 0 Å². The highest BCUT2D eigenvalue weighted by molar-refractivity contribution is 5.70. The van der Waals surface area contributed by atoms with Crippen molar-refractivity contribution in [1.82, 2.24) is 15.2 Å². The molecule has 16 heavy (non-hydrogen) atoms. The SMILES string of the molecule is CNc1ncnnc1-c1cc(F)ccc1F. The van der Waals surface area contributed by atoms with Crippen LogP contribution in [0.5, 0.6) is 0 Å². The molecule has 4 nitrogen and oxygen atoms in total. The Kier molecular flexibility index (Phi) is 2.72. The quantitative estimate of drug-likeness (QED) is 0.842. The summed E-state index contributed by atoms with van der Waals surface area (Å²) in [6.45, 7) is 0. The Morgan fingerprint density at radius 3 is 2.81 bits per heavy atom. The highest BCUT2D eigenvalue weighted by Gasteiger charge is 2.13. The molecule has 0 spiro atoms. The fourth-order valence-corrected chi connectivity index (χ4v) is 1.32. The highest BCUT2D eigenvalue weighted by atomic mass is 19.1. The number of aromatic nitrogens is 3. The van der Waals surface area contributed by atoms with Gasteiger partial charge in [-0.05, 0) is 18.2 Å². The van der Waals surface area contributed by atoms with E-state index in [-0.39, 0.29) is 11.3 Å². The number of nitrogens with zero attached hydrogens (tertiary/aromatic N) is 3. The molecule has 0 atom stereocenters. The molecule has 2 rings (SSSR count). The zero-order valence-corrected chi connectivity index (χ0v) is 8.41. The first-order valence-electron chi connectivity index (χ1n) is 4.53. The third kappa shape index (κ3) is 1.81. The normalized spacial score (nSPS) is 10.2. The van der Waals surface area contributed by atoms with Crippen LogP contribution in [0.15, 0.2) is 24.5 Å². The molecular formula is C10H8F2N4. The van der Waals surface area contributed by atoms with Gasteiger partial charge in [-0.3, -0.25) is 0 Å². The minimum absolute atomic E-state index is 0.0324. The van der Waals surface area contributed by atoms with Crippen LogP contribution < -0.4 is 5.32 Å². The van der Waals surface area contributed by atoms with E-state index in [0.29, 0.717) is 5.82 Å². The molecule has 1 aromatic heterocycles. The average molecular weight is 222 g/mol. The van der Waals surface area contributed by atoms with Crippen molar-refractivity contribution in [3.63, 3.8) is 0 Å².